The maximum absolute atomic E-state index is 12.9. The minimum Gasteiger partial charge on any atom is -0.465 e. The summed E-state index contributed by atoms with van der Waals surface area (Å²) in [4.78, 5) is 45.3. The number of ether oxygens (including phenoxy) is 2. The Bertz CT molecular complexity index is 1340. The van der Waals surface area contributed by atoms with E-state index in [-0.39, 0.29) is 6.54 Å². The predicted octanol–water partition coefficient (Wildman–Crippen LogP) is 3.56. The van der Waals surface area contributed by atoms with E-state index in [4.69, 9.17) is 4.74 Å². The fourth-order valence-electron chi connectivity index (χ4n) is 3.34. The van der Waals surface area contributed by atoms with Crippen LogP contribution in [-0.4, -0.2) is 41.5 Å². The van der Waals surface area contributed by atoms with E-state index >= 15 is 0 Å². The number of aromatic nitrogens is 2. The summed E-state index contributed by atoms with van der Waals surface area (Å²) < 4.78 is 9.95. The number of para-hydroxylation sites is 1. The Morgan fingerprint density at radius 2 is 1.74 bits per heavy atom. The molecule has 0 spiro atoms. The highest BCUT2D eigenvalue weighted by atomic mass is 16.5. The number of methoxy groups -OCH3 is 1. The molecule has 2 aromatic heterocycles. The number of esters is 2. The highest BCUT2D eigenvalue weighted by Gasteiger charge is 2.16. The van der Waals surface area contributed by atoms with Gasteiger partial charge in [-0.05, 0) is 42.0 Å². The molecule has 8 heteroatoms. The molecule has 0 bridgehead atoms. The zero-order valence-electron chi connectivity index (χ0n) is 18.4. The lowest BCUT2D eigenvalue weighted by Gasteiger charge is -2.10. The highest BCUT2D eigenvalue weighted by Crippen LogP contribution is 2.25. The van der Waals surface area contributed by atoms with Crippen molar-refractivity contribution in [1.82, 2.24) is 15.3 Å². The number of hydrogen-bond acceptors (Lipinski definition) is 7. The van der Waals surface area contributed by atoms with Crippen molar-refractivity contribution in [2.45, 2.75) is 6.54 Å². The minimum atomic E-state index is -0.624. The lowest BCUT2D eigenvalue weighted by atomic mass is 10.1. The summed E-state index contributed by atoms with van der Waals surface area (Å²) in [6, 6.07) is 19.2. The maximum Gasteiger partial charge on any atom is 0.339 e. The SMILES string of the molecule is COC(=O)c1ccc(CNC(=O)COC(=O)c2cc(-c3cccnc3)nc3ccccc23)cc1. The van der Waals surface area contributed by atoms with Crippen molar-refractivity contribution in [2.75, 3.05) is 13.7 Å². The summed E-state index contributed by atoms with van der Waals surface area (Å²) in [6.07, 6.45) is 3.32. The van der Waals surface area contributed by atoms with Crippen LogP contribution in [0.3, 0.4) is 0 Å². The number of nitrogens with one attached hydrogen (secondary N) is 1. The van der Waals surface area contributed by atoms with Crippen LogP contribution in [0.2, 0.25) is 0 Å². The molecule has 0 saturated carbocycles. The number of nitrogens with zero attached hydrogens (tertiary/aromatic N) is 2. The van der Waals surface area contributed by atoms with Crippen molar-refractivity contribution >= 4 is 28.7 Å². The molecule has 0 unspecified atom stereocenters. The van der Waals surface area contributed by atoms with Crippen LogP contribution in [0.1, 0.15) is 26.3 Å². The van der Waals surface area contributed by atoms with Gasteiger partial charge in [0.15, 0.2) is 6.61 Å². The quantitative estimate of drug-likeness (QED) is 0.425. The smallest absolute Gasteiger partial charge is 0.339 e. The molecule has 0 aliphatic carbocycles. The van der Waals surface area contributed by atoms with E-state index in [9.17, 15) is 14.4 Å². The van der Waals surface area contributed by atoms with Gasteiger partial charge in [-0.2, -0.15) is 0 Å². The molecule has 4 aromatic rings. The Balaban J connectivity index is 1.42. The molecule has 0 aliphatic heterocycles. The lowest BCUT2D eigenvalue weighted by Crippen LogP contribution is -2.28. The average molecular weight is 455 g/mol. The van der Waals surface area contributed by atoms with E-state index in [1.165, 1.54) is 7.11 Å². The molecular formula is C26H21N3O5. The molecule has 1 amide bonds. The molecular weight excluding hydrogens is 434 g/mol. The van der Waals surface area contributed by atoms with Crippen molar-refractivity contribution < 1.29 is 23.9 Å². The van der Waals surface area contributed by atoms with Gasteiger partial charge < -0.3 is 14.8 Å². The first kappa shape index (κ1) is 22.6. The molecule has 8 nitrogen and oxygen atoms in total. The third-order valence-electron chi connectivity index (χ3n) is 5.09. The molecule has 0 atom stereocenters. The van der Waals surface area contributed by atoms with Gasteiger partial charge >= 0.3 is 11.9 Å². The predicted molar refractivity (Wildman–Crippen MR) is 125 cm³/mol. The summed E-state index contributed by atoms with van der Waals surface area (Å²) >= 11 is 0. The number of benzene rings is 2. The Labute approximate surface area is 195 Å². The molecule has 2 aromatic carbocycles. The van der Waals surface area contributed by atoms with Crippen molar-refractivity contribution in [3.8, 4) is 11.3 Å². The van der Waals surface area contributed by atoms with Gasteiger partial charge in [-0.1, -0.05) is 30.3 Å². The number of amides is 1. The summed E-state index contributed by atoms with van der Waals surface area (Å²) in [5, 5.41) is 3.32. The second-order valence-electron chi connectivity index (χ2n) is 7.36. The first-order valence-corrected chi connectivity index (χ1v) is 10.5. The van der Waals surface area contributed by atoms with Gasteiger partial charge in [0.25, 0.3) is 5.91 Å². The molecule has 1 N–H and O–H groups in total. The Morgan fingerprint density at radius 1 is 0.941 bits per heavy atom. The summed E-state index contributed by atoms with van der Waals surface area (Å²) in [6.45, 7) is -0.209. The van der Waals surface area contributed by atoms with Gasteiger partial charge in [0.05, 0.1) is 29.4 Å². The second kappa shape index (κ2) is 10.4. The van der Waals surface area contributed by atoms with Gasteiger partial charge in [0, 0.05) is 29.9 Å². The van der Waals surface area contributed by atoms with Crippen LogP contribution in [0, 0.1) is 0 Å². The highest BCUT2D eigenvalue weighted by molar-refractivity contribution is 6.05. The molecule has 170 valence electrons. The van der Waals surface area contributed by atoms with Crippen molar-refractivity contribution in [1.29, 1.82) is 0 Å². The normalized spacial score (nSPS) is 10.5. The summed E-state index contributed by atoms with van der Waals surface area (Å²) in [5.41, 5.74) is 3.50. The van der Waals surface area contributed by atoms with Crippen LogP contribution in [0.15, 0.2) is 79.1 Å². The summed E-state index contributed by atoms with van der Waals surface area (Å²) in [5.74, 6) is -1.50. The van der Waals surface area contributed by atoms with E-state index in [1.807, 2.05) is 24.3 Å². The van der Waals surface area contributed by atoms with E-state index < -0.39 is 24.5 Å². The first-order valence-electron chi connectivity index (χ1n) is 10.5. The topological polar surface area (TPSA) is 107 Å². The summed E-state index contributed by atoms with van der Waals surface area (Å²) in [7, 11) is 1.31. The van der Waals surface area contributed by atoms with Gasteiger partial charge in [0.2, 0.25) is 0 Å². The fourth-order valence-corrected chi connectivity index (χ4v) is 3.34. The van der Waals surface area contributed by atoms with E-state index in [2.05, 4.69) is 20.0 Å². The van der Waals surface area contributed by atoms with E-state index in [1.54, 1.807) is 54.9 Å². The van der Waals surface area contributed by atoms with Crippen LogP contribution < -0.4 is 5.32 Å². The Morgan fingerprint density at radius 3 is 2.47 bits per heavy atom. The van der Waals surface area contributed by atoms with Crippen molar-refractivity contribution in [2.24, 2.45) is 0 Å². The number of fused-ring (bicyclic) bond motifs is 1. The molecule has 2 heterocycles. The monoisotopic (exact) mass is 455 g/mol. The third kappa shape index (κ3) is 5.24. The number of pyridine rings is 2. The van der Waals surface area contributed by atoms with Crippen molar-refractivity contribution in [3.63, 3.8) is 0 Å². The third-order valence-corrected chi connectivity index (χ3v) is 5.09. The van der Waals surface area contributed by atoms with Crippen LogP contribution in [0.4, 0.5) is 0 Å². The molecule has 0 fully saturated rings. The lowest BCUT2D eigenvalue weighted by molar-refractivity contribution is -0.124. The minimum absolute atomic E-state index is 0.223. The molecule has 0 saturated heterocycles. The largest absolute Gasteiger partial charge is 0.465 e. The average Bonchev–Trinajstić information content (AvgIpc) is 2.90. The van der Waals surface area contributed by atoms with E-state index in [0.29, 0.717) is 27.7 Å². The molecule has 34 heavy (non-hydrogen) atoms. The number of carbonyl (C=O) groups is 3. The zero-order chi connectivity index (χ0) is 23.9. The first-order chi connectivity index (χ1) is 16.5. The Hall–Kier alpha value is -4.59. The van der Waals surface area contributed by atoms with Crippen LogP contribution in [-0.2, 0) is 20.8 Å². The van der Waals surface area contributed by atoms with Gasteiger partial charge in [0.1, 0.15) is 0 Å². The van der Waals surface area contributed by atoms with Crippen LogP contribution >= 0.6 is 0 Å². The number of rotatable bonds is 7. The molecule has 4 rings (SSSR count). The van der Waals surface area contributed by atoms with Gasteiger partial charge in [-0.25, -0.2) is 14.6 Å². The van der Waals surface area contributed by atoms with Crippen LogP contribution in [0.5, 0.6) is 0 Å². The second-order valence-corrected chi connectivity index (χ2v) is 7.36. The van der Waals surface area contributed by atoms with Crippen LogP contribution in [0.25, 0.3) is 22.2 Å². The number of hydrogen-bond donors (Lipinski definition) is 1. The van der Waals surface area contributed by atoms with Gasteiger partial charge in [-0.3, -0.25) is 9.78 Å². The fraction of sp³-hybridized carbons (Fsp3) is 0.115. The zero-order valence-corrected chi connectivity index (χ0v) is 18.4. The van der Waals surface area contributed by atoms with E-state index in [0.717, 1.165) is 11.1 Å². The number of carbonyl (C=O) groups excluding carboxylic acids is 3. The molecule has 0 radical (unpaired) electrons. The van der Waals surface area contributed by atoms with Crippen molar-refractivity contribution in [3.05, 3.63) is 95.8 Å². The standard InChI is InChI=1S/C26H21N3O5/c1-33-25(31)18-10-8-17(9-11-18)14-28-24(30)16-34-26(32)21-13-23(19-5-4-12-27-15-19)29-22-7-3-2-6-20(21)22/h2-13,15H,14,16H2,1H3,(H,28,30). The molecule has 0 aliphatic rings. The maximum atomic E-state index is 12.9. The Kier molecular flexibility index (Phi) is 6.88. The van der Waals surface area contributed by atoms with Gasteiger partial charge in [-0.15, -0.1) is 0 Å².